The molecule has 152 valence electrons. The van der Waals surface area contributed by atoms with Gasteiger partial charge in [-0.1, -0.05) is 41.6 Å². The fraction of sp³-hybridized carbons (Fsp3) is 0.286. The summed E-state index contributed by atoms with van der Waals surface area (Å²) in [5.41, 5.74) is 1.71. The topological polar surface area (TPSA) is 80.7 Å². The molecule has 0 spiro atoms. The molecule has 2 atom stereocenters. The Balaban J connectivity index is 1.78. The van der Waals surface area contributed by atoms with Crippen molar-refractivity contribution in [3.63, 3.8) is 0 Å². The zero-order valence-electron chi connectivity index (χ0n) is 16.0. The van der Waals surface area contributed by atoms with E-state index >= 15 is 0 Å². The highest BCUT2D eigenvalue weighted by Gasteiger charge is 2.31. The van der Waals surface area contributed by atoms with E-state index in [1.165, 1.54) is 11.8 Å². The molecule has 1 aliphatic heterocycles. The standard InChI is InChI=1S/C21H23ClN4O2S/c1-23-8-9-24-17-11-19(25-16-7-6-14(22)10-15(16)17)26-12-13-4-2-3-5-18(13)29-21(28)20(26)27/h2-7,10-11,20-21,23,27-28H,8-9,12H2,1H3,(H,24,25). The van der Waals surface area contributed by atoms with Gasteiger partial charge >= 0.3 is 0 Å². The van der Waals surface area contributed by atoms with Crippen LogP contribution in [-0.2, 0) is 6.54 Å². The molecule has 0 radical (unpaired) electrons. The number of likely N-dealkylation sites (N-methyl/N-ethyl adjacent to an activating group) is 1. The van der Waals surface area contributed by atoms with Crippen molar-refractivity contribution in [2.75, 3.05) is 30.4 Å². The van der Waals surface area contributed by atoms with Crippen LogP contribution in [0.5, 0.6) is 0 Å². The monoisotopic (exact) mass is 430 g/mol. The van der Waals surface area contributed by atoms with Gasteiger partial charge in [0.1, 0.15) is 11.3 Å². The molecule has 8 heteroatoms. The highest BCUT2D eigenvalue weighted by molar-refractivity contribution is 7.99. The van der Waals surface area contributed by atoms with Crippen molar-refractivity contribution in [2.24, 2.45) is 0 Å². The maximum absolute atomic E-state index is 10.8. The number of aliphatic hydroxyl groups excluding tert-OH is 2. The Bertz CT molecular complexity index is 1020. The van der Waals surface area contributed by atoms with Gasteiger partial charge in [0.2, 0.25) is 0 Å². The third kappa shape index (κ3) is 4.29. The number of pyridine rings is 1. The average molecular weight is 431 g/mol. The minimum Gasteiger partial charge on any atom is -0.383 e. The highest BCUT2D eigenvalue weighted by atomic mass is 35.5. The van der Waals surface area contributed by atoms with Crippen molar-refractivity contribution in [1.29, 1.82) is 0 Å². The van der Waals surface area contributed by atoms with E-state index < -0.39 is 11.7 Å². The number of anilines is 2. The zero-order valence-corrected chi connectivity index (χ0v) is 17.5. The van der Waals surface area contributed by atoms with Gasteiger partial charge in [-0.3, -0.25) is 0 Å². The summed E-state index contributed by atoms with van der Waals surface area (Å²) in [5.74, 6) is 0.593. The van der Waals surface area contributed by atoms with E-state index in [1.54, 1.807) is 11.0 Å². The van der Waals surface area contributed by atoms with Crippen LogP contribution < -0.4 is 15.5 Å². The summed E-state index contributed by atoms with van der Waals surface area (Å²) in [6.45, 7) is 1.98. The quantitative estimate of drug-likeness (QED) is 0.462. The Labute approximate surface area is 178 Å². The molecule has 0 fully saturated rings. The van der Waals surface area contributed by atoms with Crippen LogP contribution in [0.1, 0.15) is 5.56 Å². The van der Waals surface area contributed by atoms with Crippen molar-refractivity contribution in [3.05, 3.63) is 59.1 Å². The molecule has 0 amide bonds. The number of aromatic nitrogens is 1. The molecular weight excluding hydrogens is 408 g/mol. The number of hydrogen-bond donors (Lipinski definition) is 4. The van der Waals surface area contributed by atoms with Crippen molar-refractivity contribution in [2.45, 2.75) is 23.1 Å². The Morgan fingerprint density at radius 2 is 2.00 bits per heavy atom. The zero-order chi connectivity index (χ0) is 20.4. The maximum Gasteiger partial charge on any atom is 0.164 e. The lowest BCUT2D eigenvalue weighted by Gasteiger charge is -2.30. The number of nitrogens with one attached hydrogen (secondary N) is 2. The van der Waals surface area contributed by atoms with Gasteiger partial charge in [-0.15, -0.1) is 0 Å². The van der Waals surface area contributed by atoms with E-state index in [2.05, 4.69) is 10.6 Å². The summed E-state index contributed by atoms with van der Waals surface area (Å²) in [6, 6.07) is 15.3. The smallest absolute Gasteiger partial charge is 0.164 e. The van der Waals surface area contributed by atoms with Crippen LogP contribution >= 0.6 is 23.4 Å². The Kier molecular flexibility index (Phi) is 6.12. The van der Waals surface area contributed by atoms with Crippen LogP contribution in [-0.4, -0.2) is 47.0 Å². The summed E-state index contributed by atoms with van der Waals surface area (Å²) in [7, 11) is 1.90. The lowest BCUT2D eigenvalue weighted by Crippen LogP contribution is -2.41. The van der Waals surface area contributed by atoms with Crippen molar-refractivity contribution >= 4 is 45.8 Å². The third-order valence-electron chi connectivity index (χ3n) is 4.88. The summed E-state index contributed by atoms with van der Waals surface area (Å²) in [5, 5.41) is 29.4. The first-order valence-corrected chi connectivity index (χ1v) is 10.7. The number of benzene rings is 2. The largest absolute Gasteiger partial charge is 0.383 e. The molecule has 4 N–H and O–H groups in total. The van der Waals surface area contributed by atoms with E-state index in [-0.39, 0.29) is 0 Å². The fourth-order valence-electron chi connectivity index (χ4n) is 3.39. The minimum atomic E-state index is -1.09. The SMILES string of the molecule is CNCCNc1cc(N2Cc3ccccc3SC(O)C2O)nc2ccc(Cl)cc12. The van der Waals surface area contributed by atoms with Crippen molar-refractivity contribution < 1.29 is 10.2 Å². The molecule has 3 aromatic rings. The number of hydrogen-bond acceptors (Lipinski definition) is 7. The maximum atomic E-state index is 10.8. The molecule has 1 aromatic heterocycles. The molecule has 2 heterocycles. The first-order chi connectivity index (χ1) is 14.1. The second kappa shape index (κ2) is 8.77. The van der Waals surface area contributed by atoms with Gasteiger partial charge in [0, 0.05) is 46.7 Å². The predicted molar refractivity (Wildman–Crippen MR) is 120 cm³/mol. The van der Waals surface area contributed by atoms with Gasteiger partial charge in [-0.25, -0.2) is 4.98 Å². The Morgan fingerprint density at radius 3 is 2.83 bits per heavy atom. The van der Waals surface area contributed by atoms with Crippen LogP contribution in [0.25, 0.3) is 10.9 Å². The second-order valence-corrected chi connectivity index (χ2v) is 8.47. The fourth-order valence-corrected chi connectivity index (χ4v) is 4.53. The van der Waals surface area contributed by atoms with E-state index in [4.69, 9.17) is 16.6 Å². The van der Waals surface area contributed by atoms with Crippen LogP contribution in [0.2, 0.25) is 5.02 Å². The lowest BCUT2D eigenvalue weighted by molar-refractivity contribution is 0.0699. The van der Waals surface area contributed by atoms with Crippen LogP contribution in [0.15, 0.2) is 53.4 Å². The molecule has 0 saturated carbocycles. The molecule has 0 bridgehead atoms. The van der Waals surface area contributed by atoms with Crippen LogP contribution in [0.4, 0.5) is 11.5 Å². The molecule has 0 aliphatic carbocycles. The predicted octanol–water partition coefficient (Wildman–Crippen LogP) is 3.27. The van der Waals surface area contributed by atoms with Gasteiger partial charge in [-0.2, -0.15) is 0 Å². The molecule has 2 aromatic carbocycles. The minimum absolute atomic E-state index is 0.448. The number of nitrogens with zero attached hydrogens (tertiary/aromatic N) is 2. The van der Waals surface area contributed by atoms with Crippen molar-refractivity contribution in [1.82, 2.24) is 10.3 Å². The van der Waals surface area contributed by atoms with Gasteiger partial charge in [-0.05, 0) is 36.9 Å². The normalized spacial score (nSPS) is 19.1. The van der Waals surface area contributed by atoms with E-state index in [0.29, 0.717) is 17.4 Å². The Morgan fingerprint density at radius 1 is 1.17 bits per heavy atom. The molecule has 4 rings (SSSR count). The van der Waals surface area contributed by atoms with Crippen molar-refractivity contribution in [3.8, 4) is 0 Å². The molecular formula is C21H23ClN4O2S. The summed E-state index contributed by atoms with van der Waals surface area (Å²) >= 11 is 7.47. The second-order valence-electron chi connectivity index (χ2n) is 6.88. The lowest BCUT2D eigenvalue weighted by atomic mass is 10.1. The number of fused-ring (bicyclic) bond motifs is 2. The van der Waals surface area contributed by atoms with Gasteiger partial charge in [0.25, 0.3) is 0 Å². The van der Waals surface area contributed by atoms with Gasteiger partial charge in [0.05, 0.1) is 5.52 Å². The molecule has 6 nitrogen and oxygen atoms in total. The van der Waals surface area contributed by atoms with Crippen LogP contribution in [0.3, 0.4) is 0 Å². The Hall–Kier alpha value is -2.03. The molecule has 29 heavy (non-hydrogen) atoms. The highest BCUT2D eigenvalue weighted by Crippen LogP contribution is 2.37. The third-order valence-corrected chi connectivity index (χ3v) is 6.25. The van der Waals surface area contributed by atoms with E-state index in [9.17, 15) is 10.2 Å². The molecule has 0 saturated heterocycles. The first kappa shape index (κ1) is 20.3. The number of rotatable bonds is 5. The summed E-state index contributed by atoms with van der Waals surface area (Å²) < 4.78 is 0. The van der Waals surface area contributed by atoms with E-state index in [0.717, 1.165) is 40.1 Å². The van der Waals surface area contributed by atoms with Gasteiger partial charge < -0.3 is 25.7 Å². The van der Waals surface area contributed by atoms with E-state index in [1.807, 2.05) is 49.5 Å². The average Bonchev–Trinajstić information content (AvgIpc) is 2.84. The summed E-state index contributed by atoms with van der Waals surface area (Å²) in [4.78, 5) is 7.46. The molecule has 1 aliphatic rings. The van der Waals surface area contributed by atoms with Gasteiger partial charge in [0.15, 0.2) is 6.23 Å². The number of aliphatic hydroxyl groups is 2. The summed E-state index contributed by atoms with van der Waals surface area (Å²) in [6.07, 6.45) is -1.09. The number of thioether (sulfide) groups is 1. The molecule has 2 unspecified atom stereocenters. The van der Waals surface area contributed by atoms with Crippen LogP contribution in [0, 0.1) is 0 Å². The first-order valence-electron chi connectivity index (χ1n) is 9.43. The number of halogens is 1.